The number of nitrogens with zero attached hydrogens (tertiary/aromatic N) is 1. The summed E-state index contributed by atoms with van der Waals surface area (Å²) in [5, 5.41) is 12.2. The predicted octanol–water partition coefficient (Wildman–Crippen LogP) is 2.98. The van der Waals surface area contributed by atoms with E-state index in [1.807, 2.05) is 37.4 Å². The maximum atomic E-state index is 12.4. The Morgan fingerprint density at radius 3 is 2.68 bits per heavy atom. The van der Waals surface area contributed by atoms with Gasteiger partial charge in [-0.1, -0.05) is 18.2 Å². The summed E-state index contributed by atoms with van der Waals surface area (Å²) >= 11 is 1.64. The molecule has 0 saturated carbocycles. The van der Waals surface area contributed by atoms with Crippen LogP contribution < -0.4 is 5.32 Å². The van der Waals surface area contributed by atoms with E-state index in [0.717, 1.165) is 10.5 Å². The molecule has 1 fully saturated rings. The van der Waals surface area contributed by atoms with Gasteiger partial charge in [0.2, 0.25) is 0 Å². The van der Waals surface area contributed by atoms with Gasteiger partial charge >= 0.3 is 12.0 Å². The van der Waals surface area contributed by atoms with Crippen molar-refractivity contribution in [3.63, 3.8) is 0 Å². The van der Waals surface area contributed by atoms with Gasteiger partial charge in [0.05, 0.1) is 11.5 Å². The van der Waals surface area contributed by atoms with E-state index < -0.39 is 11.4 Å². The van der Waals surface area contributed by atoms with Gasteiger partial charge in [-0.3, -0.25) is 4.79 Å². The highest BCUT2D eigenvalue weighted by molar-refractivity contribution is 7.98. The monoisotopic (exact) mass is 322 g/mol. The zero-order valence-electron chi connectivity index (χ0n) is 13.1. The molecule has 1 unspecified atom stereocenters. The second-order valence-electron chi connectivity index (χ2n) is 5.95. The van der Waals surface area contributed by atoms with E-state index in [-0.39, 0.29) is 18.6 Å². The normalized spacial score (nSPS) is 22.4. The van der Waals surface area contributed by atoms with Crippen molar-refractivity contribution in [1.29, 1.82) is 0 Å². The Hall–Kier alpha value is -1.69. The Bertz CT molecular complexity index is 578. The summed E-state index contributed by atoms with van der Waals surface area (Å²) in [5.74, 6) is -0.844. The maximum absolute atomic E-state index is 12.4. The Balaban J connectivity index is 2.02. The first-order valence-corrected chi connectivity index (χ1v) is 8.51. The number of urea groups is 1. The molecule has 0 spiro atoms. The van der Waals surface area contributed by atoms with Crippen LogP contribution in [0.25, 0.3) is 0 Å². The molecular formula is C16H22N2O3S. The minimum absolute atomic E-state index is 0.118. The SMILES string of the molecule is CSc1ccccc1[C@H](C)NC(=O)N1CCC(C)(C(=O)O)C1. The number of carbonyl (C=O) groups is 2. The van der Waals surface area contributed by atoms with Crippen LogP contribution in [-0.4, -0.2) is 41.4 Å². The van der Waals surface area contributed by atoms with E-state index >= 15 is 0 Å². The lowest BCUT2D eigenvalue weighted by atomic mass is 9.90. The zero-order chi connectivity index (χ0) is 16.3. The average Bonchev–Trinajstić information content (AvgIpc) is 2.91. The van der Waals surface area contributed by atoms with Crippen molar-refractivity contribution >= 4 is 23.8 Å². The molecule has 1 aromatic rings. The van der Waals surface area contributed by atoms with Crippen molar-refractivity contribution < 1.29 is 14.7 Å². The number of carboxylic acid groups (broad SMARTS) is 1. The molecule has 2 amide bonds. The van der Waals surface area contributed by atoms with Crippen LogP contribution in [-0.2, 0) is 4.79 Å². The third-order valence-corrected chi connectivity index (χ3v) is 5.03. The molecule has 0 aromatic heterocycles. The van der Waals surface area contributed by atoms with E-state index in [1.54, 1.807) is 23.6 Å². The summed E-state index contributed by atoms with van der Waals surface area (Å²) in [4.78, 5) is 26.3. The van der Waals surface area contributed by atoms with Gasteiger partial charge in [-0.05, 0) is 38.2 Å². The first-order chi connectivity index (χ1) is 10.4. The van der Waals surface area contributed by atoms with Gasteiger partial charge in [0.15, 0.2) is 0 Å². The number of carbonyl (C=O) groups excluding carboxylic acids is 1. The molecule has 2 rings (SSSR count). The van der Waals surface area contributed by atoms with E-state index in [9.17, 15) is 14.7 Å². The number of hydrogen-bond acceptors (Lipinski definition) is 3. The molecule has 1 aliphatic heterocycles. The average molecular weight is 322 g/mol. The number of benzene rings is 1. The molecule has 1 aliphatic rings. The summed E-state index contributed by atoms with van der Waals surface area (Å²) in [6.07, 6.45) is 2.50. The summed E-state index contributed by atoms with van der Waals surface area (Å²) in [7, 11) is 0. The van der Waals surface area contributed by atoms with Crippen LogP contribution >= 0.6 is 11.8 Å². The molecule has 0 bridgehead atoms. The number of nitrogens with one attached hydrogen (secondary N) is 1. The topological polar surface area (TPSA) is 69.6 Å². The van der Waals surface area contributed by atoms with Crippen molar-refractivity contribution in [2.45, 2.75) is 31.2 Å². The third kappa shape index (κ3) is 3.38. The van der Waals surface area contributed by atoms with Crippen molar-refractivity contribution in [2.75, 3.05) is 19.3 Å². The highest BCUT2D eigenvalue weighted by atomic mass is 32.2. The molecule has 22 heavy (non-hydrogen) atoms. The molecule has 120 valence electrons. The Labute approximate surface area is 135 Å². The van der Waals surface area contributed by atoms with Crippen LogP contribution in [0.15, 0.2) is 29.2 Å². The first-order valence-electron chi connectivity index (χ1n) is 7.29. The number of carboxylic acids is 1. The number of likely N-dealkylation sites (tertiary alicyclic amines) is 1. The standard InChI is InChI=1S/C16H22N2O3S/c1-11(12-6-4-5-7-13(12)22-3)17-15(21)18-9-8-16(2,10-18)14(19)20/h4-7,11H,8-10H2,1-3H3,(H,17,21)(H,19,20)/t11-,16?/m0/s1. The van der Waals surface area contributed by atoms with Crippen molar-refractivity contribution in [2.24, 2.45) is 5.41 Å². The molecule has 2 N–H and O–H groups in total. The van der Waals surface area contributed by atoms with Crippen LogP contribution in [0.3, 0.4) is 0 Å². The summed E-state index contributed by atoms with van der Waals surface area (Å²) in [6, 6.07) is 7.64. The number of rotatable bonds is 4. The van der Waals surface area contributed by atoms with E-state index in [1.165, 1.54) is 0 Å². The number of thioether (sulfide) groups is 1. The summed E-state index contributed by atoms with van der Waals surface area (Å²) in [5.41, 5.74) is 0.237. The lowest BCUT2D eigenvalue weighted by Gasteiger charge is -2.23. The van der Waals surface area contributed by atoms with Crippen LogP contribution in [0.5, 0.6) is 0 Å². The predicted molar refractivity (Wildman–Crippen MR) is 87.1 cm³/mol. The number of amides is 2. The fourth-order valence-electron chi connectivity index (χ4n) is 2.69. The fraction of sp³-hybridized carbons (Fsp3) is 0.500. The van der Waals surface area contributed by atoms with Crippen LogP contribution in [0, 0.1) is 5.41 Å². The van der Waals surface area contributed by atoms with Gasteiger partial charge in [-0.2, -0.15) is 0 Å². The van der Waals surface area contributed by atoms with Crippen molar-refractivity contribution in [1.82, 2.24) is 10.2 Å². The second-order valence-corrected chi connectivity index (χ2v) is 6.80. The summed E-state index contributed by atoms with van der Waals surface area (Å²) < 4.78 is 0. The lowest BCUT2D eigenvalue weighted by Crippen LogP contribution is -2.41. The Kier molecular flexibility index (Phi) is 5.01. The van der Waals surface area contributed by atoms with E-state index in [0.29, 0.717) is 13.0 Å². The first kappa shape index (κ1) is 16.7. The van der Waals surface area contributed by atoms with Gasteiger partial charge in [0, 0.05) is 18.0 Å². The second kappa shape index (κ2) is 6.60. The zero-order valence-corrected chi connectivity index (χ0v) is 13.9. The molecule has 1 saturated heterocycles. The maximum Gasteiger partial charge on any atom is 0.317 e. The molecule has 0 aliphatic carbocycles. The van der Waals surface area contributed by atoms with Crippen LogP contribution in [0.2, 0.25) is 0 Å². The van der Waals surface area contributed by atoms with Crippen LogP contribution in [0.1, 0.15) is 31.9 Å². The highest BCUT2D eigenvalue weighted by Gasteiger charge is 2.42. The van der Waals surface area contributed by atoms with Gasteiger partial charge < -0.3 is 15.3 Å². The van der Waals surface area contributed by atoms with E-state index in [2.05, 4.69) is 5.32 Å². The fourth-order valence-corrected chi connectivity index (χ4v) is 3.38. The molecular weight excluding hydrogens is 300 g/mol. The summed E-state index contributed by atoms with van der Waals surface area (Å²) in [6.45, 7) is 4.37. The van der Waals surface area contributed by atoms with Gasteiger partial charge in [0.1, 0.15) is 0 Å². The quantitative estimate of drug-likeness (QED) is 0.836. The van der Waals surface area contributed by atoms with Gasteiger partial charge in [0.25, 0.3) is 0 Å². The molecule has 2 atom stereocenters. The third-order valence-electron chi connectivity index (χ3n) is 4.22. The minimum atomic E-state index is -0.844. The lowest BCUT2D eigenvalue weighted by molar-refractivity contribution is -0.146. The molecule has 1 aromatic carbocycles. The number of aliphatic carboxylic acids is 1. The van der Waals surface area contributed by atoms with Gasteiger partial charge in [-0.15, -0.1) is 11.8 Å². The van der Waals surface area contributed by atoms with Crippen molar-refractivity contribution in [3.8, 4) is 0 Å². The Morgan fingerprint density at radius 2 is 2.09 bits per heavy atom. The minimum Gasteiger partial charge on any atom is -0.481 e. The molecule has 1 heterocycles. The smallest absolute Gasteiger partial charge is 0.317 e. The Morgan fingerprint density at radius 1 is 1.41 bits per heavy atom. The van der Waals surface area contributed by atoms with Gasteiger partial charge in [-0.25, -0.2) is 4.79 Å². The largest absolute Gasteiger partial charge is 0.481 e. The van der Waals surface area contributed by atoms with Crippen molar-refractivity contribution in [3.05, 3.63) is 29.8 Å². The van der Waals surface area contributed by atoms with E-state index in [4.69, 9.17) is 0 Å². The highest BCUT2D eigenvalue weighted by Crippen LogP contribution is 2.31. The molecule has 6 heteroatoms. The molecule has 0 radical (unpaired) electrons. The van der Waals surface area contributed by atoms with Crippen LogP contribution in [0.4, 0.5) is 4.79 Å². The number of hydrogen-bond donors (Lipinski definition) is 2. The molecule has 5 nitrogen and oxygen atoms in total.